The molecule has 23 heavy (non-hydrogen) atoms. The van der Waals surface area contributed by atoms with Gasteiger partial charge in [0.15, 0.2) is 5.13 Å². The van der Waals surface area contributed by atoms with Crippen LogP contribution in [0.15, 0.2) is 37.1 Å². The van der Waals surface area contributed by atoms with Crippen LogP contribution in [0.4, 0.5) is 5.13 Å². The minimum atomic E-state index is -0.238. The molecule has 4 rings (SSSR count). The molecule has 0 unspecified atom stereocenters. The maximum Gasteiger partial charge on any atom is 0.276 e. The molecule has 1 aliphatic carbocycles. The Morgan fingerprint density at radius 2 is 2.17 bits per heavy atom. The lowest BCUT2D eigenvalue weighted by atomic mass is 10.0. The molecule has 0 saturated heterocycles. The largest absolute Gasteiger partial charge is 0.306 e. The summed E-state index contributed by atoms with van der Waals surface area (Å²) in [6, 6.07) is 3.57. The van der Waals surface area contributed by atoms with Crippen LogP contribution in [0.5, 0.6) is 0 Å². The van der Waals surface area contributed by atoms with Gasteiger partial charge >= 0.3 is 0 Å². The Kier molecular flexibility index (Phi) is 3.63. The highest BCUT2D eigenvalue weighted by Gasteiger charge is 2.17. The molecular formula is C16H15N5OS. The van der Waals surface area contributed by atoms with E-state index < -0.39 is 0 Å². The van der Waals surface area contributed by atoms with Gasteiger partial charge in [0, 0.05) is 23.5 Å². The second-order valence-corrected chi connectivity index (χ2v) is 6.50. The summed E-state index contributed by atoms with van der Waals surface area (Å²) in [4.78, 5) is 26.4. The highest BCUT2D eigenvalue weighted by Crippen LogP contribution is 2.29. The number of amides is 1. The Morgan fingerprint density at radius 3 is 3.00 bits per heavy atom. The number of hydrogen-bond acceptors (Lipinski definition) is 5. The van der Waals surface area contributed by atoms with Crippen molar-refractivity contribution in [3.8, 4) is 5.69 Å². The van der Waals surface area contributed by atoms with Gasteiger partial charge in [0.1, 0.15) is 5.69 Å². The van der Waals surface area contributed by atoms with Crippen molar-refractivity contribution in [2.45, 2.75) is 25.7 Å². The number of aryl methyl sites for hydroxylation is 2. The van der Waals surface area contributed by atoms with E-state index in [9.17, 15) is 4.79 Å². The third-order valence-electron chi connectivity index (χ3n) is 3.84. The number of aromatic nitrogens is 4. The van der Waals surface area contributed by atoms with E-state index >= 15 is 0 Å². The number of anilines is 1. The van der Waals surface area contributed by atoms with Crippen LogP contribution >= 0.6 is 11.3 Å². The average Bonchev–Trinajstić information content (AvgIpc) is 3.24. The van der Waals surface area contributed by atoms with E-state index in [1.54, 1.807) is 36.1 Å². The van der Waals surface area contributed by atoms with Crippen molar-refractivity contribution in [2.24, 2.45) is 0 Å². The molecule has 3 aromatic rings. The highest BCUT2D eigenvalue weighted by atomic mass is 32.1. The number of pyridine rings is 1. The van der Waals surface area contributed by atoms with Crippen LogP contribution in [0.25, 0.3) is 5.69 Å². The zero-order valence-electron chi connectivity index (χ0n) is 12.4. The van der Waals surface area contributed by atoms with Crippen molar-refractivity contribution < 1.29 is 4.79 Å². The average molecular weight is 325 g/mol. The fraction of sp³-hybridized carbons (Fsp3) is 0.250. The summed E-state index contributed by atoms with van der Waals surface area (Å²) in [6.07, 6.45) is 11.3. The van der Waals surface area contributed by atoms with Crippen LogP contribution in [0.1, 0.15) is 33.9 Å². The molecule has 0 aromatic carbocycles. The van der Waals surface area contributed by atoms with Gasteiger partial charge in [0.2, 0.25) is 0 Å². The zero-order chi connectivity index (χ0) is 15.6. The summed E-state index contributed by atoms with van der Waals surface area (Å²) >= 11 is 1.57. The van der Waals surface area contributed by atoms with Gasteiger partial charge in [-0.3, -0.25) is 15.1 Å². The molecule has 1 amide bonds. The minimum absolute atomic E-state index is 0.238. The first-order valence-electron chi connectivity index (χ1n) is 7.54. The predicted octanol–water partition coefficient (Wildman–Crippen LogP) is 2.85. The lowest BCUT2D eigenvalue weighted by molar-refractivity contribution is 0.102. The summed E-state index contributed by atoms with van der Waals surface area (Å²) in [5.41, 5.74) is 2.35. The Hall–Kier alpha value is -2.54. The number of carbonyl (C=O) groups is 1. The van der Waals surface area contributed by atoms with E-state index in [0.29, 0.717) is 10.8 Å². The van der Waals surface area contributed by atoms with Gasteiger partial charge in [-0.1, -0.05) is 0 Å². The normalized spacial score (nSPS) is 13.6. The van der Waals surface area contributed by atoms with Gasteiger partial charge < -0.3 is 4.57 Å². The van der Waals surface area contributed by atoms with E-state index in [2.05, 4.69) is 20.3 Å². The summed E-state index contributed by atoms with van der Waals surface area (Å²) in [7, 11) is 0. The molecular weight excluding hydrogens is 310 g/mol. The Labute approximate surface area is 137 Å². The number of nitrogens with one attached hydrogen (secondary N) is 1. The van der Waals surface area contributed by atoms with Crippen LogP contribution in [0.2, 0.25) is 0 Å². The van der Waals surface area contributed by atoms with Gasteiger partial charge in [-0.05, 0) is 37.8 Å². The molecule has 7 heteroatoms. The molecule has 0 saturated carbocycles. The Morgan fingerprint density at radius 1 is 1.26 bits per heavy atom. The van der Waals surface area contributed by atoms with Crippen molar-refractivity contribution in [1.29, 1.82) is 0 Å². The quantitative estimate of drug-likeness (QED) is 0.803. The number of nitrogens with zero attached hydrogens (tertiary/aromatic N) is 4. The number of thiazole rings is 1. The molecule has 0 atom stereocenters. The first kappa shape index (κ1) is 14.1. The summed E-state index contributed by atoms with van der Waals surface area (Å²) < 4.78 is 1.83. The second-order valence-electron chi connectivity index (χ2n) is 5.42. The second kappa shape index (κ2) is 5.92. The van der Waals surface area contributed by atoms with Crippen LogP contribution in [0, 0.1) is 0 Å². The summed E-state index contributed by atoms with van der Waals surface area (Å²) in [6.45, 7) is 0. The number of imidazole rings is 1. The first-order valence-corrected chi connectivity index (χ1v) is 8.35. The molecule has 0 spiro atoms. The Bertz CT molecular complexity index is 817. The molecule has 0 fully saturated rings. The van der Waals surface area contributed by atoms with Gasteiger partial charge in [-0.2, -0.15) is 0 Å². The van der Waals surface area contributed by atoms with Crippen molar-refractivity contribution in [3.05, 3.63) is 53.3 Å². The fourth-order valence-electron chi connectivity index (χ4n) is 2.68. The Balaban J connectivity index is 1.55. The summed E-state index contributed by atoms with van der Waals surface area (Å²) in [5, 5.41) is 3.53. The maximum atomic E-state index is 12.4. The van der Waals surface area contributed by atoms with Gasteiger partial charge in [0.05, 0.1) is 17.7 Å². The van der Waals surface area contributed by atoms with Gasteiger partial charge in [0.25, 0.3) is 5.91 Å². The van der Waals surface area contributed by atoms with Crippen LogP contribution in [-0.4, -0.2) is 25.4 Å². The molecule has 3 aromatic heterocycles. The third kappa shape index (κ3) is 2.87. The van der Waals surface area contributed by atoms with E-state index in [1.807, 2.05) is 16.8 Å². The van der Waals surface area contributed by atoms with E-state index in [4.69, 9.17) is 0 Å². The van der Waals surface area contributed by atoms with Gasteiger partial charge in [-0.15, -0.1) is 11.3 Å². The van der Waals surface area contributed by atoms with Crippen LogP contribution in [-0.2, 0) is 12.8 Å². The van der Waals surface area contributed by atoms with Crippen molar-refractivity contribution in [2.75, 3.05) is 5.32 Å². The predicted molar refractivity (Wildman–Crippen MR) is 88.1 cm³/mol. The smallest absolute Gasteiger partial charge is 0.276 e. The molecule has 1 aliphatic rings. The van der Waals surface area contributed by atoms with Crippen molar-refractivity contribution in [3.63, 3.8) is 0 Å². The topological polar surface area (TPSA) is 72.7 Å². The minimum Gasteiger partial charge on any atom is -0.306 e. The van der Waals surface area contributed by atoms with Crippen molar-refractivity contribution >= 4 is 22.4 Å². The van der Waals surface area contributed by atoms with Crippen molar-refractivity contribution in [1.82, 2.24) is 19.5 Å². The lowest BCUT2D eigenvalue weighted by Gasteiger charge is -2.06. The summed E-state index contributed by atoms with van der Waals surface area (Å²) in [5.74, 6) is -0.238. The highest BCUT2D eigenvalue weighted by molar-refractivity contribution is 7.15. The van der Waals surface area contributed by atoms with Crippen LogP contribution < -0.4 is 5.32 Å². The number of rotatable bonds is 3. The molecule has 0 bridgehead atoms. The number of carbonyl (C=O) groups excluding carboxylic acids is 1. The standard InChI is InChI=1S/C16H15N5OS/c22-15(20-16-19-12-3-1-2-4-14(12)23-16)13-9-11(5-6-18-13)21-8-7-17-10-21/h5-10H,1-4H2,(H,19,20,22). The maximum absolute atomic E-state index is 12.4. The first-order chi connectivity index (χ1) is 11.3. The van der Waals surface area contributed by atoms with Gasteiger partial charge in [-0.25, -0.2) is 9.97 Å². The SMILES string of the molecule is O=C(Nc1nc2c(s1)CCCC2)c1cc(-n2ccnc2)ccn1. The molecule has 0 aliphatic heterocycles. The number of hydrogen-bond donors (Lipinski definition) is 1. The monoisotopic (exact) mass is 325 g/mol. The fourth-order valence-corrected chi connectivity index (χ4v) is 3.73. The third-order valence-corrected chi connectivity index (χ3v) is 4.92. The molecule has 1 N–H and O–H groups in total. The zero-order valence-corrected chi connectivity index (χ0v) is 13.2. The van der Waals surface area contributed by atoms with E-state index in [-0.39, 0.29) is 5.91 Å². The van der Waals surface area contributed by atoms with E-state index in [1.165, 1.54) is 17.7 Å². The van der Waals surface area contributed by atoms with E-state index in [0.717, 1.165) is 24.2 Å². The van der Waals surface area contributed by atoms with Crippen LogP contribution in [0.3, 0.4) is 0 Å². The molecule has 116 valence electrons. The lowest BCUT2D eigenvalue weighted by Crippen LogP contribution is -2.14. The number of fused-ring (bicyclic) bond motifs is 1. The molecule has 3 heterocycles. The molecule has 0 radical (unpaired) electrons. The molecule has 6 nitrogen and oxygen atoms in total.